The van der Waals surface area contributed by atoms with Crippen LogP contribution in [0.3, 0.4) is 0 Å². The van der Waals surface area contributed by atoms with E-state index in [0.717, 1.165) is 5.56 Å². The van der Waals surface area contributed by atoms with Crippen LogP contribution in [-0.2, 0) is 5.75 Å². The number of ether oxygens (including phenoxy) is 2. The van der Waals surface area contributed by atoms with Crippen molar-refractivity contribution in [2.45, 2.75) is 10.9 Å². The minimum Gasteiger partial charge on any atom is -0.496 e. The number of thioether (sulfide) groups is 1. The molecule has 0 fully saturated rings. The molecule has 0 amide bonds. The summed E-state index contributed by atoms with van der Waals surface area (Å²) >= 11 is 1.34. The second-order valence-electron chi connectivity index (χ2n) is 5.12. The second-order valence-corrected chi connectivity index (χ2v) is 6.06. The molecule has 6 nitrogen and oxygen atoms in total. The standard InChI is InChI=1S/C17H17FN4O2S/c1-23-14-8-7-12(18)9-11(14)10-25-17-21-20-16(22(17)19)13-5-3-4-6-15(13)24-2/h3-9H,10,19H2,1-2H3. The van der Waals surface area contributed by atoms with Crippen LogP contribution in [0.15, 0.2) is 47.6 Å². The fraction of sp³-hybridized carbons (Fsp3) is 0.176. The van der Waals surface area contributed by atoms with Crippen molar-refractivity contribution >= 4 is 11.8 Å². The summed E-state index contributed by atoms with van der Waals surface area (Å²) in [5.41, 5.74) is 1.46. The Balaban J connectivity index is 1.84. The van der Waals surface area contributed by atoms with E-state index in [1.54, 1.807) is 20.3 Å². The number of rotatable bonds is 6. The molecular formula is C17H17FN4O2S. The van der Waals surface area contributed by atoms with Crippen LogP contribution < -0.4 is 15.3 Å². The van der Waals surface area contributed by atoms with Crippen LogP contribution in [0.1, 0.15) is 5.56 Å². The van der Waals surface area contributed by atoms with Gasteiger partial charge in [0, 0.05) is 11.3 Å². The third kappa shape index (κ3) is 3.53. The molecule has 0 radical (unpaired) electrons. The molecule has 3 aromatic rings. The van der Waals surface area contributed by atoms with Crippen molar-refractivity contribution in [1.29, 1.82) is 0 Å². The number of halogens is 1. The van der Waals surface area contributed by atoms with Crippen LogP contribution in [0, 0.1) is 5.82 Å². The predicted octanol–water partition coefficient (Wildman–Crippen LogP) is 3.11. The van der Waals surface area contributed by atoms with Gasteiger partial charge in [-0.1, -0.05) is 23.9 Å². The molecule has 130 valence electrons. The van der Waals surface area contributed by atoms with Crippen LogP contribution in [0.5, 0.6) is 11.5 Å². The van der Waals surface area contributed by atoms with Crippen molar-refractivity contribution in [3.63, 3.8) is 0 Å². The van der Waals surface area contributed by atoms with E-state index in [1.807, 2.05) is 24.3 Å². The van der Waals surface area contributed by atoms with Crippen LogP contribution in [0.2, 0.25) is 0 Å². The Morgan fingerprint density at radius 2 is 1.84 bits per heavy atom. The van der Waals surface area contributed by atoms with Crippen molar-refractivity contribution in [1.82, 2.24) is 14.9 Å². The number of hydrogen-bond donors (Lipinski definition) is 1. The highest BCUT2D eigenvalue weighted by Gasteiger charge is 2.16. The minimum absolute atomic E-state index is 0.319. The molecule has 0 aliphatic rings. The Labute approximate surface area is 148 Å². The summed E-state index contributed by atoms with van der Waals surface area (Å²) in [6.45, 7) is 0. The van der Waals surface area contributed by atoms with Gasteiger partial charge in [0.05, 0.1) is 19.8 Å². The van der Waals surface area contributed by atoms with Gasteiger partial charge >= 0.3 is 0 Å². The lowest BCUT2D eigenvalue weighted by atomic mass is 10.2. The van der Waals surface area contributed by atoms with Crippen molar-refractivity contribution in [3.05, 3.63) is 53.8 Å². The molecule has 2 aromatic carbocycles. The third-order valence-electron chi connectivity index (χ3n) is 3.61. The van der Waals surface area contributed by atoms with Crippen LogP contribution in [0.25, 0.3) is 11.4 Å². The number of benzene rings is 2. The number of nitrogen functional groups attached to an aromatic ring is 1. The molecule has 0 bridgehead atoms. The van der Waals surface area contributed by atoms with E-state index in [0.29, 0.717) is 33.8 Å². The van der Waals surface area contributed by atoms with E-state index in [4.69, 9.17) is 15.3 Å². The van der Waals surface area contributed by atoms with Gasteiger partial charge in [-0.25, -0.2) is 9.07 Å². The Kier molecular flexibility index (Phi) is 5.08. The number of methoxy groups -OCH3 is 2. The molecule has 0 aliphatic heterocycles. The molecule has 0 unspecified atom stereocenters. The van der Waals surface area contributed by atoms with Gasteiger partial charge in [-0.15, -0.1) is 10.2 Å². The molecular weight excluding hydrogens is 343 g/mol. The first-order chi connectivity index (χ1) is 12.1. The van der Waals surface area contributed by atoms with Crippen molar-refractivity contribution < 1.29 is 13.9 Å². The lowest BCUT2D eigenvalue weighted by molar-refractivity contribution is 0.410. The molecule has 0 aliphatic carbocycles. The van der Waals surface area contributed by atoms with Crippen LogP contribution in [0.4, 0.5) is 4.39 Å². The van der Waals surface area contributed by atoms with E-state index in [2.05, 4.69) is 10.2 Å². The lowest BCUT2D eigenvalue weighted by Crippen LogP contribution is -2.12. The highest BCUT2D eigenvalue weighted by Crippen LogP contribution is 2.31. The van der Waals surface area contributed by atoms with Gasteiger partial charge < -0.3 is 15.3 Å². The van der Waals surface area contributed by atoms with Gasteiger partial charge in [0.25, 0.3) is 0 Å². The smallest absolute Gasteiger partial charge is 0.210 e. The molecule has 25 heavy (non-hydrogen) atoms. The van der Waals surface area contributed by atoms with Gasteiger partial charge in [-0.05, 0) is 30.3 Å². The Morgan fingerprint density at radius 3 is 2.60 bits per heavy atom. The Hall–Kier alpha value is -2.74. The number of nitrogens with two attached hydrogens (primary N) is 1. The largest absolute Gasteiger partial charge is 0.496 e. The second kappa shape index (κ2) is 7.43. The first-order valence-corrected chi connectivity index (χ1v) is 8.41. The maximum atomic E-state index is 13.5. The first kappa shape index (κ1) is 17.1. The zero-order valence-corrected chi connectivity index (χ0v) is 14.6. The van der Waals surface area contributed by atoms with Gasteiger partial charge in [-0.3, -0.25) is 0 Å². The molecule has 0 saturated carbocycles. The summed E-state index contributed by atoms with van der Waals surface area (Å²) in [4.78, 5) is 0. The summed E-state index contributed by atoms with van der Waals surface area (Å²) in [6, 6.07) is 11.8. The van der Waals surface area contributed by atoms with E-state index in [-0.39, 0.29) is 5.82 Å². The third-order valence-corrected chi connectivity index (χ3v) is 4.60. The number of aromatic nitrogens is 3. The fourth-order valence-corrected chi connectivity index (χ4v) is 3.23. The van der Waals surface area contributed by atoms with Crippen molar-refractivity contribution in [2.24, 2.45) is 0 Å². The number of nitrogens with zero attached hydrogens (tertiary/aromatic N) is 3. The SMILES string of the molecule is COc1ccc(F)cc1CSc1nnc(-c2ccccc2OC)n1N. The normalized spacial score (nSPS) is 10.7. The molecule has 1 aromatic heterocycles. The number of para-hydroxylation sites is 1. The molecule has 0 saturated heterocycles. The first-order valence-electron chi connectivity index (χ1n) is 7.43. The van der Waals surface area contributed by atoms with E-state index < -0.39 is 0 Å². The minimum atomic E-state index is -0.319. The Bertz CT molecular complexity index is 885. The van der Waals surface area contributed by atoms with Crippen LogP contribution >= 0.6 is 11.8 Å². The average molecular weight is 360 g/mol. The van der Waals surface area contributed by atoms with Crippen molar-refractivity contribution in [2.75, 3.05) is 20.1 Å². The van der Waals surface area contributed by atoms with E-state index in [1.165, 1.54) is 28.6 Å². The highest BCUT2D eigenvalue weighted by atomic mass is 32.2. The van der Waals surface area contributed by atoms with Gasteiger partial charge in [-0.2, -0.15) is 0 Å². The van der Waals surface area contributed by atoms with Crippen molar-refractivity contribution in [3.8, 4) is 22.9 Å². The molecule has 1 heterocycles. The van der Waals surface area contributed by atoms with Gasteiger partial charge in [0.15, 0.2) is 5.82 Å². The zero-order chi connectivity index (χ0) is 17.8. The highest BCUT2D eigenvalue weighted by molar-refractivity contribution is 7.98. The van der Waals surface area contributed by atoms with Gasteiger partial charge in [0.1, 0.15) is 17.3 Å². The molecule has 0 atom stereocenters. The summed E-state index contributed by atoms with van der Waals surface area (Å²) in [6.07, 6.45) is 0. The lowest BCUT2D eigenvalue weighted by Gasteiger charge is -2.09. The summed E-state index contributed by atoms with van der Waals surface area (Å²) in [5, 5.41) is 8.78. The summed E-state index contributed by atoms with van der Waals surface area (Å²) in [7, 11) is 3.13. The molecule has 0 spiro atoms. The Morgan fingerprint density at radius 1 is 1.08 bits per heavy atom. The monoisotopic (exact) mass is 360 g/mol. The van der Waals surface area contributed by atoms with E-state index in [9.17, 15) is 4.39 Å². The summed E-state index contributed by atoms with van der Waals surface area (Å²) < 4.78 is 25.4. The van der Waals surface area contributed by atoms with E-state index >= 15 is 0 Å². The average Bonchev–Trinajstić information content (AvgIpc) is 3.00. The quantitative estimate of drug-likeness (QED) is 0.538. The fourth-order valence-electron chi connectivity index (χ4n) is 2.39. The zero-order valence-electron chi connectivity index (χ0n) is 13.8. The topological polar surface area (TPSA) is 75.2 Å². The van der Waals surface area contributed by atoms with Gasteiger partial charge in [0.2, 0.25) is 5.16 Å². The maximum absolute atomic E-state index is 13.5. The molecule has 8 heteroatoms. The maximum Gasteiger partial charge on any atom is 0.210 e. The predicted molar refractivity (Wildman–Crippen MR) is 94.7 cm³/mol. The van der Waals surface area contributed by atoms with Crippen LogP contribution in [-0.4, -0.2) is 29.1 Å². The number of hydrogen-bond acceptors (Lipinski definition) is 6. The summed E-state index contributed by atoms with van der Waals surface area (Å²) in [5.74, 6) is 8.02. The molecule has 3 rings (SSSR count). The molecule has 2 N–H and O–H groups in total.